The van der Waals surface area contributed by atoms with Crippen molar-refractivity contribution >= 4 is 23.0 Å². The topological polar surface area (TPSA) is 59.8 Å². The highest BCUT2D eigenvalue weighted by Gasteiger charge is 2.31. The Morgan fingerprint density at radius 1 is 1.21 bits per heavy atom. The Balaban J connectivity index is 2.44. The summed E-state index contributed by atoms with van der Waals surface area (Å²) in [5.74, 6) is -0.505. The number of nitrogens with zero attached hydrogens (tertiary/aromatic N) is 3. The van der Waals surface area contributed by atoms with E-state index in [1.807, 2.05) is 27.7 Å². The highest BCUT2D eigenvalue weighted by molar-refractivity contribution is 5.91. The second kappa shape index (κ2) is 6.41. The molecule has 0 saturated carbocycles. The van der Waals surface area contributed by atoms with Crippen LogP contribution in [0.15, 0.2) is 12.1 Å². The highest BCUT2D eigenvalue weighted by Crippen LogP contribution is 2.26. The fourth-order valence-corrected chi connectivity index (χ4v) is 2.31. The third-order valence-electron chi connectivity index (χ3n) is 3.29. The third kappa shape index (κ3) is 4.69. The average Bonchev–Trinajstić information content (AvgIpc) is 2.72. The van der Waals surface area contributed by atoms with Crippen LogP contribution >= 0.6 is 0 Å². The maximum atomic E-state index is 12.9. The Hall–Kier alpha value is -2.12. The molecule has 0 radical (unpaired) electrons. The van der Waals surface area contributed by atoms with E-state index in [1.165, 1.54) is 0 Å². The number of nitrogens with one attached hydrogen (secondary N) is 1. The lowest BCUT2D eigenvalue weighted by Crippen LogP contribution is -2.24. The van der Waals surface area contributed by atoms with Gasteiger partial charge in [-0.15, -0.1) is 0 Å². The van der Waals surface area contributed by atoms with Crippen LogP contribution in [0.3, 0.4) is 0 Å². The molecule has 0 aromatic carbocycles. The lowest BCUT2D eigenvalue weighted by Gasteiger charge is -2.17. The first-order valence-electron chi connectivity index (χ1n) is 7.71. The van der Waals surface area contributed by atoms with Gasteiger partial charge in [-0.05, 0) is 24.0 Å². The van der Waals surface area contributed by atoms with Crippen molar-refractivity contribution in [2.24, 2.45) is 5.41 Å². The molecule has 0 saturated heterocycles. The molecule has 132 valence electrons. The second-order valence-electron chi connectivity index (χ2n) is 6.92. The van der Waals surface area contributed by atoms with Crippen molar-refractivity contribution in [3.8, 4) is 0 Å². The molecule has 0 aliphatic heterocycles. The summed E-state index contributed by atoms with van der Waals surface area (Å²) in [6, 6.07) is 3.33. The van der Waals surface area contributed by atoms with E-state index in [-0.39, 0.29) is 29.3 Å². The summed E-state index contributed by atoms with van der Waals surface area (Å²) in [5.41, 5.74) is 0.831. The smallest absolute Gasteiger partial charge is 0.296 e. The van der Waals surface area contributed by atoms with Crippen LogP contribution in [0.25, 0.3) is 11.2 Å². The number of fused-ring (bicyclic) bond motifs is 1. The third-order valence-corrected chi connectivity index (χ3v) is 3.29. The van der Waals surface area contributed by atoms with Crippen LogP contribution in [-0.4, -0.2) is 26.6 Å². The van der Waals surface area contributed by atoms with E-state index in [9.17, 15) is 18.0 Å². The molecule has 0 atom stereocenters. The summed E-state index contributed by atoms with van der Waals surface area (Å²) < 4.78 is 39.7. The first-order valence-corrected chi connectivity index (χ1v) is 7.71. The number of anilines is 1. The Kier molecular flexibility index (Phi) is 4.87. The average molecular weight is 342 g/mol. The number of carbonyl (C=O) groups excluding carboxylic acids is 1. The minimum Gasteiger partial charge on any atom is -0.296 e. The van der Waals surface area contributed by atoms with Gasteiger partial charge >= 0.3 is 6.18 Å². The van der Waals surface area contributed by atoms with Crippen molar-refractivity contribution in [2.45, 2.75) is 53.3 Å². The number of halogens is 3. The van der Waals surface area contributed by atoms with Gasteiger partial charge < -0.3 is 0 Å². The Morgan fingerprint density at radius 2 is 1.88 bits per heavy atom. The molecule has 0 bridgehead atoms. The van der Waals surface area contributed by atoms with E-state index in [2.05, 4.69) is 15.3 Å². The van der Waals surface area contributed by atoms with Crippen LogP contribution < -0.4 is 5.32 Å². The molecule has 1 N–H and O–H groups in total. The van der Waals surface area contributed by atoms with Crippen molar-refractivity contribution in [3.05, 3.63) is 17.8 Å². The van der Waals surface area contributed by atoms with Gasteiger partial charge in [-0.3, -0.25) is 14.7 Å². The quantitative estimate of drug-likeness (QED) is 0.916. The molecule has 2 aromatic heterocycles. The lowest BCUT2D eigenvalue weighted by molar-refractivity contribution is -0.139. The van der Waals surface area contributed by atoms with E-state index in [0.717, 1.165) is 4.57 Å². The number of rotatable bonds is 4. The van der Waals surface area contributed by atoms with E-state index >= 15 is 0 Å². The zero-order valence-electron chi connectivity index (χ0n) is 14.2. The van der Waals surface area contributed by atoms with Gasteiger partial charge in [0, 0.05) is 12.1 Å². The molecule has 2 rings (SSSR count). The summed E-state index contributed by atoms with van der Waals surface area (Å²) in [7, 11) is 0. The van der Waals surface area contributed by atoms with Gasteiger partial charge in [-0.2, -0.15) is 13.2 Å². The summed E-state index contributed by atoms with van der Waals surface area (Å²) in [6.07, 6.45) is -3.67. The van der Waals surface area contributed by atoms with E-state index in [1.54, 1.807) is 12.1 Å². The number of hydrogen-bond acceptors (Lipinski definition) is 3. The molecule has 2 aromatic rings. The molecule has 1 amide bonds. The minimum atomic E-state index is -4.44. The van der Waals surface area contributed by atoms with Crippen LogP contribution in [0.5, 0.6) is 0 Å². The number of aryl methyl sites for hydroxylation is 1. The predicted octanol–water partition coefficient (Wildman–Crippen LogP) is 3.93. The molecule has 0 unspecified atom stereocenters. The standard InChI is InChI=1S/C16H21F3N4O/c1-5-10-6-7-11-13(20-10)23(9-16(17,18)19)14(21-11)22-12(24)8-15(2,3)4/h6-7H,5,8-9H2,1-4H3,(H,21,22,24). The van der Waals surface area contributed by atoms with Crippen LogP contribution in [0, 0.1) is 5.41 Å². The van der Waals surface area contributed by atoms with Gasteiger partial charge in [0.2, 0.25) is 11.9 Å². The number of carbonyl (C=O) groups is 1. The van der Waals surface area contributed by atoms with Gasteiger partial charge in [-0.25, -0.2) is 9.97 Å². The lowest BCUT2D eigenvalue weighted by atomic mass is 9.92. The molecular weight excluding hydrogens is 321 g/mol. The van der Waals surface area contributed by atoms with E-state index in [0.29, 0.717) is 17.6 Å². The number of aromatic nitrogens is 3. The zero-order valence-corrected chi connectivity index (χ0v) is 14.2. The molecule has 0 aliphatic carbocycles. The largest absolute Gasteiger partial charge is 0.406 e. The molecule has 0 spiro atoms. The zero-order chi connectivity index (χ0) is 18.1. The first kappa shape index (κ1) is 18.2. The number of amides is 1. The van der Waals surface area contributed by atoms with Crippen LogP contribution in [0.1, 0.15) is 39.8 Å². The van der Waals surface area contributed by atoms with E-state index in [4.69, 9.17) is 0 Å². The van der Waals surface area contributed by atoms with Gasteiger partial charge in [0.15, 0.2) is 5.65 Å². The highest BCUT2D eigenvalue weighted by atomic mass is 19.4. The maximum Gasteiger partial charge on any atom is 0.406 e. The monoisotopic (exact) mass is 342 g/mol. The number of hydrogen-bond donors (Lipinski definition) is 1. The van der Waals surface area contributed by atoms with Crippen molar-refractivity contribution in [1.29, 1.82) is 0 Å². The maximum absolute atomic E-state index is 12.9. The fraction of sp³-hybridized carbons (Fsp3) is 0.562. The van der Waals surface area contributed by atoms with Crippen molar-refractivity contribution in [3.63, 3.8) is 0 Å². The Labute approximate surface area is 138 Å². The molecule has 0 fully saturated rings. The SMILES string of the molecule is CCc1ccc2nc(NC(=O)CC(C)(C)C)n(CC(F)(F)F)c2n1. The molecular formula is C16H21F3N4O. The Morgan fingerprint density at radius 3 is 2.42 bits per heavy atom. The normalized spacial score (nSPS) is 12.6. The summed E-state index contributed by atoms with van der Waals surface area (Å²) in [4.78, 5) is 20.4. The second-order valence-corrected chi connectivity index (χ2v) is 6.92. The molecule has 8 heteroatoms. The number of alkyl halides is 3. The molecule has 0 aliphatic rings. The number of pyridine rings is 1. The van der Waals surface area contributed by atoms with Crippen molar-refractivity contribution < 1.29 is 18.0 Å². The van der Waals surface area contributed by atoms with Crippen LogP contribution in [-0.2, 0) is 17.8 Å². The molecule has 24 heavy (non-hydrogen) atoms. The van der Waals surface area contributed by atoms with E-state index < -0.39 is 12.7 Å². The van der Waals surface area contributed by atoms with Gasteiger partial charge in [0.25, 0.3) is 0 Å². The van der Waals surface area contributed by atoms with Crippen molar-refractivity contribution in [2.75, 3.05) is 5.32 Å². The first-order chi connectivity index (χ1) is 11.0. The predicted molar refractivity (Wildman–Crippen MR) is 85.7 cm³/mol. The summed E-state index contributed by atoms with van der Waals surface area (Å²) in [5, 5.41) is 2.49. The van der Waals surface area contributed by atoms with Crippen LogP contribution in [0.2, 0.25) is 0 Å². The summed E-state index contributed by atoms with van der Waals surface area (Å²) >= 11 is 0. The van der Waals surface area contributed by atoms with Gasteiger partial charge in [0.05, 0.1) is 0 Å². The van der Waals surface area contributed by atoms with Crippen molar-refractivity contribution in [1.82, 2.24) is 14.5 Å². The molecule has 5 nitrogen and oxygen atoms in total. The number of imidazole rings is 1. The fourth-order valence-electron chi connectivity index (χ4n) is 2.31. The molecule has 2 heterocycles. The van der Waals surface area contributed by atoms with Gasteiger partial charge in [-0.1, -0.05) is 27.7 Å². The van der Waals surface area contributed by atoms with Gasteiger partial charge in [0.1, 0.15) is 12.1 Å². The Bertz CT molecular complexity index is 744. The summed E-state index contributed by atoms with van der Waals surface area (Å²) in [6.45, 7) is 6.24. The minimum absolute atomic E-state index is 0.123. The van der Waals surface area contributed by atoms with Crippen LogP contribution in [0.4, 0.5) is 19.1 Å².